The van der Waals surface area contributed by atoms with Crippen molar-refractivity contribution in [1.82, 2.24) is 14.9 Å². The second kappa shape index (κ2) is 9.51. The monoisotopic (exact) mass is 432 g/mol. The molecule has 0 saturated heterocycles. The van der Waals surface area contributed by atoms with Crippen molar-refractivity contribution in [3.8, 4) is 17.0 Å². The first-order chi connectivity index (χ1) is 14.4. The maximum atomic E-state index is 13.6. The number of aryl methyl sites for hydroxylation is 1. The molecule has 0 saturated carbocycles. The second-order valence-electron chi connectivity index (χ2n) is 6.42. The van der Waals surface area contributed by atoms with E-state index in [4.69, 9.17) is 9.47 Å². The number of nitrogens with zero attached hydrogens (tertiary/aromatic N) is 2. The van der Waals surface area contributed by atoms with Crippen molar-refractivity contribution in [2.75, 3.05) is 26.1 Å². The second-order valence-corrected chi connectivity index (χ2v) is 7.28. The van der Waals surface area contributed by atoms with E-state index in [1.807, 2.05) is 0 Å². The van der Waals surface area contributed by atoms with Gasteiger partial charge in [0.25, 0.3) is 11.8 Å². The Morgan fingerprint density at radius 2 is 2.10 bits per heavy atom. The van der Waals surface area contributed by atoms with Crippen LogP contribution in [0.1, 0.15) is 10.4 Å². The highest BCUT2D eigenvalue weighted by Gasteiger charge is 2.23. The fraction of sp³-hybridized carbons (Fsp3) is 0.250. The molecule has 8 nitrogen and oxygen atoms in total. The number of carbonyl (C=O) groups excluding carboxylic acids is 2. The predicted molar refractivity (Wildman–Crippen MR) is 111 cm³/mol. The molecular formula is C20H21FN4O4S. The van der Waals surface area contributed by atoms with Crippen molar-refractivity contribution >= 4 is 28.3 Å². The van der Waals surface area contributed by atoms with Gasteiger partial charge in [-0.15, -0.1) is 11.3 Å². The molecule has 2 amide bonds. The van der Waals surface area contributed by atoms with Gasteiger partial charge in [-0.3, -0.25) is 9.59 Å². The summed E-state index contributed by atoms with van der Waals surface area (Å²) in [5.74, 6) is -1.21. The zero-order valence-corrected chi connectivity index (χ0v) is 17.5. The number of anilines is 1. The van der Waals surface area contributed by atoms with Gasteiger partial charge < -0.3 is 24.7 Å². The molecule has 2 heterocycles. The number of hydrogen-bond acceptors (Lipinski definition) is 6. The Labute approximate surface area is 176 Å². The lowest BCUT2D eigenvalue weighted by Crippen LogP contribution is -2.46. The van der Waals surface area contributed by atoms with E-state index >= 15 is 0 Å². The molecule has 0 unspecified atom stereocenters. The Balaban J connectivity index is 1.69. The zero-order valence-electron chi connectivity index (χ0n) is 16.6. The third-order valence-corrected chi connectivity index (χ3v) is 4.99. The number of amides is 2. The van der Waals surface area contributed by atoms with E-state index in [2.05, 4.69) is 15.6 Å². The number of aromatic nitrogens is 2. The zero-order chi connectivity index (χ0) is 21.7. The minimum atomic E-state index is -0.902. The van der Waals surface area contributed by atoms with Crippen LogP contribution < -0.4 is 15.4 Å². The SMILES string of the molecule is COC[C@H](NC(=O)c1ccn(C)c1)C(=O)Nc1nc(-c2ccc(F)c(OC)c2)cs1. The first-order valence-electron chi connectivity index (χ1n) is 8.93. The third kappa shape index (κ3) is 5.02. The topological polar surface area (TPSA) is 94.5 Å². The van der Waals surface area contributed by atoms with Crippen LogP contribution in [-0.4, -0.2) is 48.2 Å². The van der Waals surface area contributed by atoms with Gasteiger partial charge in [0.05, 0.1) is 25.0 Å². The van der Waals surface area contributed by atoms with Crippen molar-refractivity contribution in [3.63, 3.8) is 0 Å². The predicted octanol–water partition coefficient (Wildman–Crippen LogP) is 2.68. The summed E-state index contributed by atoms with van der Waals surface area (Å²) in [5, 5.41) is 7.41. The van der Waals surface area contributed by atoms with Crippen LogP contribution in [0.3, 0.4) is 0 Å². The summed E-state index contributed by atoms with van der Waals surface area (Å²) >= 11 is 1.21. The van der Waals surface area contributed by atoms with Crippen molar-refractivity contribution in [2.24, 2.45) is 7.05 Å². The van der Waals surface area contributed by atoms with Gasteiger partial charge in [-0.1, -0.05) is 0 Å². The molecule has 0 aliphatic carbocycles. The molecule has 3 aromatic rings. The molecule has 2 aromatic heterocycles. The van der Waals surface area contributed by atoms with E-state index in [9.17, 15) is 14.0 Å². The smallest absolute Gasteiger partial charge is 0.253 e. The molecule has 0 fully saturated rings. The van der Waals surface area contributed by atoms with E-state index in [-0.39, 0.29) is 18.3 Å². The average Bonchev–Trinajstić information content (AvgIpc) is 3.37. The van der Waals surface area contributed by atoms with E-state index < -0.39 is 17.8 Å². The van der Waals surface area contributed by atoms with Gasteiger partial charge in [-0.25, -0.2) is 9.37 Å². The molecule has 0 bridgehead atoms. The van der Waals surface area contributed by atoms with Crippen molar-refractivity contribution in [1.29, 1.82) is 0 Å². The van der Waals surface area contributed by atoms with Gasteiger partial charge >= 0.3 is 0 Å². The fourth-order valence-corrected chi connectivity index (χ4v) is 3.43. The highest BCUT2D eigenvalue weighted by atomic mass is 32.1. The molecule has 2 N–H and O–H groups in total. The van der Waals surface area contributed by atoms with Gasteiger partial charge in [0, 0.05) is 37.5 Å². The first-order valence-corrected chi connectivity index (χ1v) is 9.81. The number of hydrogen-bond donors (Lipinski definition) is 2. The highest BCUT2D eigenvalue weighted by Crippen LogP contribution is 2.29. The average molecular weight is 432 g/mol. The number of halogens is 1. The summed E-state index contributed by atoms with van der Waals surface area (Å²) in [6, 6.07) is 5.15. The van der Waals surface area contributed by atoms with Crippen LogP contribution in [0.5, 0.6) is 5.75 Å². The summed E-state index contributed by atoms with van der Waals surface area (Å²) in [4.78, 5) is 29.4. The fourth-order valence-electron chi connectivity index (χ4n) is 2.70. The number of methoxy groups -OCH3 is 2. The molecule has 0 aliphatic rings. The van der Waals surface area contributed by atoms with E-state index in [1.54, 1.807) is 41.5 Å². The van der Waals surface area contributed by atoms with Crippen LogP contribution in [0, 0.1) is 5.82 Å². The lowest BCUT2D eigenvalue weighted by molar-refractivity contribution is -0.119. The molecular weight excluding hydrogens is 411 g/mol. The lowest BCUT2D eigenvalue weighted by Gasteiger charge is -2.16. The Kier molecular flexibility index (Phi) is 6.80. The number of benzene rings is 1. The molecule has 1 aromatic carbocycles. The molecule has 0 spiro atoms. The van der Waals surface area contributed by atoms with Crippen LogP contribution in [0.4, 0.5) is 9.52 Å². The normalized spacial score (nSPS) is 11.7. The summed E-state index contributed by atoms with van der Waals surface area (Å²) in [7, 11) is 4.62. The number of thiazole rings is 1. The largest absolute Gasteiger partial charge is 0.494 e. The number of rotatable bonds is 8. The summed E-state index contributed by atoms with van der Waals surface area (Å²) in [5.41, 5.74) is 1.65. The van der Waals surface area contributed by atoms with Crippen LogP contribution in [0.25, 0.3) is 11.3 Å². The molecule has 10 heteroatoms. The Hall–Kier alpha value is -3.24. The maximum Gasteiger partial charge on any atom is 0.253 e. The standard InChI is InChI=1S/C20H21FN4O4S/c1-25-7-6-13(9-25)18(26)22-15(10-28-2)19(27)24-20-23-16(11-30-20)12-4-5-14(21)17(8-12)29-3/h4-9,11,15H,10H2,1-3H3,(H,22,26)(H,23,24,27)/t15-/m0/s1. The minimum Gasteiger partial charge on any atom is -0.494 e. The van der Waals surface area contributed by atoms with Gasteiger partial charge in [0.15, 0.2) is 16.7 Å². The summed E-state index contributed by atoms with van der Waals surface area (Å²) in [6.45, 7) is -0.00218. The molecule has 0 radical (unpaired) electrons. The molecule has 158 valence electrons. The lowest BCUT2D eigenvalue weighted by atomic mass is 10.1. The number of nitrogens with one attached hydrogen (secondary N) is 2. The highest BCUT2D eigenvalue weighted by molar-refractivity contribution is 7.14. The maximum absolute atomic E-state index is 13.6. The van der Waals surface area contributed by atoms with E-state index in [0.717, 1.165) is 0 Å². The van der Waals surface area contributed by atoms with E-state index in [0.29, 0.717) is 22.0 Å². The van der Waals surface area contributed by atoms with Crippen molar-refractivity contribution in [2.45, 2.75) is 6.04 Å². The van der Waals surface area contributed by atoms with Gasteiger partial charge in [0.2, 0.25) is 0 Å². The van der Waals surface area contributed by atoms with Crippen LogP contribution in [0.15, 0.2) is 42.0 Å². The van der Waals surface area contributed by atoms with Crippen LogP contribution >= 0.6 is 11.3 Å². The molecule has 1 atom stereocenters. The van der Waals surface area contributed by atoms with Crippen molar-refractivity contribution < 1.29 is 23.5 Å². The van der Waals surface area contributed by atoms with Crippen LogP contribution in [-0.2, 0) is 16.6 Å². The number of ether oxygens (including phenoxy) is 2. The van der Waals surface area contributed by atoms with Gasteiger partial charge in [0.1, 0.15) is 6.04 Å². The first kappa shape index (κ1) is 21.5. The molecule has 0 aliphatic heterocycles. The quantitative estimate of drug-likeness (QED) is 0.571. The molecule has 30 heavy (non-hydrogen) atoms. The minimum absolute atomic E-state index is 0.00218. The van der Waals surface area contributed by atoms with E-state index in [1.165, 1.54) is 37.7 Å². The van der Waals surface area contributed by atoms with Crippen LogP contribution in [0.2, 0.25) is 0 Å². The number of carbonyl (C=O) groups is 2. The third-order valence-electron chi connectivity index (χ3n) is 4.23. The Morgan fingerprint density at radius 3 is 2.77 bits per heavy atom. The Morgan fingerprint density at radius 1 is 1.30 bits per heavy atom. The molecule has 3 rings (SSSR count). The summed E-state index contributed by atoms with van der Waals surface area (Å²) < 4.78 is 25.4. The Bertz CT molecular complexity index is 1050. The summed E-state index contributed by atoms with van der Waals surface area (Å²) in [6.07, 6.45) is 3.39. The van der Waals surface area contributed by atoms with Crippen molar-refractivity contribution in [3.05, 3.63) is 53.4 Å². The van der Waals surface area contributed by atoms with Gasteiger partial charge in [-0.2, -0.15) is 0 Å². The van der Waals surface area contributed by atoms with Gasteiger partial charge in [-0.05, 0) is 24.3 Å².